The molecule has 1 aliphatic rings. The predicted molar refractivity (Wildman–Crippen MR) is 52.9 cm³/mol. The van der Waals surface area contributed by atoms with E-state index < -0.39 is 5.97 Å². The third-order valence-corrected chi connectivity index (χ3v) is 2.04. The third kappa shape index (κ3) is 2.42. The van der Waals surface area contributed by atoms with Crippen LogP contribution in [0.5, 0.6) is 0 Å². The van der Waals surface area contributed by atoms with E-state index in [0.29, 0.717) is 12.0 Å². The Morgan fingerprint density at radius 3 is 2.36 bits per heavy atom. The van der Waals surface area contributed by atoms with E-state index in [1.54, 1.807) is 25.2 Å². The van der Waals surface area contributed by atoms with E-state index in [4.69, 9.17) is 5.11 Å². The van der Waals surface area contributed by atoms with Crippen LogP contribution in [0.4, 0.5) is 0 Å². The first-order valence-electron chi connectivity index (χ1n) is 4.48. The molecular weight excluding hydrogens is 180 g/mol. The van der Waals surface area contributed by atoms with E-state index in [0.717, 1.165) is 0 Å². The lowest BCUT2D eigenvalue weighted by atomic mass is 10.0. The SMILES string of the molecule is CCC(=O)C1=CC=CC=C(C(=O)O)C1. The Labute approximate surface area is 82.4 Å². The van der Waals surface area contributed by atoms with Gasteiger partial charge in [0, 0.05) is 18.4 Å². The van der Waals surface area contributed by atoms with Crippen LogP contribution in [0.15, 0.2) is 35.5 Å². The smallest absolute Gasteiger partial charge is 0.331 e. The van der Waals surface area contributed by atoms with Crippen molar-refractivity contribution >= 4 is 11.8 Å². The minimum atomic E-state index is -0.966. The number of rotatable bonds is 3. The van der Waals surface area contributed by atoms with Crippen LogP contribution in [0.25, 0.3) is 0 Å². The molecule has 1 N–H and O–H groups in total. The van der Waals surface area contributed by atoms with Crippen LogP contribution >= 0.6 is 0 Å². The summed E-state index contributed by atoms with van der Waals surface area (Å²) in [5, 5.41) is 8.79. The fourth-order valence-electron chi connectivity index (χ4n) is 1.23. The quantitative estimate of drug-likeness (QED) is 0.742. The zero-order chi connectivity index (χ0) is 10.6. The molecule has 0 radical (unpaired) electrons. The molecular formula is C11H12O3. The average Bonchev–Trinajstić information content (AvgIpc) is 2.41. The summed E-state index contributed by atoms with van der Waals surface area (Å²) in [4.78, 5) is 22.1. The number of aliphatic carboxylic acids is 1. The van der Waals surface area contributed by atoms with Gasteiger partial charge in [-0.05, 0) is 5.57 Å². The second kappa shape index (κ2) is 4.56. The summed E-state index contributed by atoms with van der Waals surface area (Å²) < 4.78 is 0. The topological polar surface area (TPSA) is 54.4 Å². The molecule has 0 saturated carbocycles. The molecule has 0 spiro atoms. The maximum absolute atomic E-state index is 11.4. The summed E-state index contributed by atoms with van der Waals surface area (Å²) in [7, 11) is 0. The Kier molecular flexibility index (Phi) is 3.40. The number of carboxylic acid groups (broad SMARTS) is 1. The number of carbonyl (C=O) groups is 2. The Balaban J connectivity index is 2.89. The molecule has 14 heavy (non-hydrogen) atoms. The first-order valence-corrected chi connectivity index (χ1v) is 4.48. The lowest BCUT2D eigenvalue weighted by Crippen LogP contribution is -2.06. The van der Waals surface area contributed by atoms with Gasteiger partial charge >= 0.3 is 5.97 Å². The number of carboxylic acids is 1. The average molecular weight is 192 g/mol. The second-order valence-corrected chi connectivity index (χ2v) is 3.03. The first-order chi connectivity index (χ1) is 6.65. The predicted octanol–water partition coefficient (Wildman–Crippen LogP) is 1.86. The van der Waals surface area contributed by atoms with Gasteiger partial charge in [-0.3, -0.25) is 4.79 Å². The molecule has 0 heterocycles. The Morgan fingerprint density at radius 1 is 1.29 bits per heavy atom. The summed E-state index contributed by atoms with van der Waals surface area (Å²) in [6, 6.07) is 0. The van der Waals surface area contributed by atoms with Crippen molar-refractivity contribution in [1.29, 1.82) is 0 Å². The number of ketones is 1. The zero-order valence-corrected chi connectivity index (χ0v) is 7.99. The van der Waals surface area contributed by atoms with E-state index in [9.17, 15) is 9.59 Å². The van der Waals surface area contributed by atoms with Crippen molar-refractivity contribution in [3.63, 3.8) is 0 Å². The molecule has 0 bridgehead atoms. The summed E-state index contributed by atoms with van der Waals surface area (Å²) >= 11 is 0. The van der Waals surface area contributed by atoms with E-state index in [1.807, 2.05) is 0 Å². The third-order valence-electron chi connectivity index (χ3n) is 2.04. The van der Waals surface area contributed by atoms with Gasteiger partial charge in [0.25, 0.3) is 0 Å². The number of Topliss-reactive ketones (excluding diaryl/α,β-unsaturated/α-hetero) is 1. The monoisotopic (exact) mass is 192 g/mol. The molecule has 0 saturated heterocycles. The minimum absolute atomic E-state index is 0.00343. The van der Waals surface area contributed by atoms with Crippen LogP contribution < -0.4 is 0 Å². The van der Waals surface area contributed by atoms with Gasteiger partial charge in [0.2, 0.25) is 0 Å². The van der Waals surface area contributed by atoms with Gasteiger partial charge in [-0.1, -0.05) is 31.2 Å². The van der Waals surface area contributed by atoms with Crippen molar-refractivity contribution in [3.8, 4) is 0 Å². The molecule has 0 amide bonds. The molecule has 0 aromatic rings. The number of hydrogen-bond donors (Lipinski definition) is 1. The van der Waals surface area contributed by atoms with Crippen molar-refractivity contribution in [3.05, 3.63) is 35.5 Å². The molecule has 3 heteroatoms. The van der Waals surface area contributed by atoms with E-state index in [-0.39, 0.29) is 17.8 Å². The largest absolute Gasteiger partial charge is 0.478 e. The molecule has 0 atom stereocenters. The van der Waals surface area contributed by atoms with E-state index in [2.05, 4.69) is 0 Å². The fraction of sp³-hybridized carbons (Fsp3) is 0.273. The highest BCUT2D eigenvalue weighted by molar-refractivity contribution is 5.98. The highest BCUT2D eigenvalue weighted by Gasteiger charge is 2.14. The summed E-state index contributed by atoms with van der Waals surface area (Å²) in [5.41, 5.74) is 0.821. The van der Waals surface area contributed by atoms with Crippen molar-refractivity contribution in [2.45, 2.75) is 19.8 Å². The molecule has 0 aromatic carbocycles. The molecule has 0 fully saturated rings. The van der Waals surface area contributed by atoms with Gasteiger partial charge in [0.05, 0.1) is 0 Å². The van der Waals surface area contributed by atoms with Crippen LogP contribution in [-0.2, 0) is 9.59 Å². The summed E-state index contributed by atoms with van der Waals surface area (Å²) in [6.45, 7) is 1.77. The molecule has 1 rings (SSSR count). The molecule has 0 unspecified atom stereocenters. The number of hydrogen-bond acceptors (Lipinski definition) is 2. The Hall–Kier alpha value is -1.64. The summed E-state index contributed by atoms with van der Waals surface area (Å²) in [5.74, 6) is -0.963. The van der Waals surface area contributed by atoms with E-state index in [1.165, 1.54) is 6.08 Å². The van der Waals surface area contributed by atoms with Crippen molar-refractivity contribution in [2.75, 3.05) is 0 Å². The van der Waals surface area contributed by atoms with Crippen molar-refractivity contribution in [2.24, 2.45) is 0 Å². The zero-order valence-electron chi connectivity index (χ0n) is 7.99. The van der Waals surface area contributed by atoms with Crippen LogP contribution in [0.1, 0.15) is 19.8 Å². The van der Waals surface area contributed by atoms with Crippen LogP contribution in [0, 0.1) is 0 Å². The highest BCUT2D eigenvalue weighted by Crippen LogP contribution is 2.16. The Morgan fingerprint density at radius 2 is 1.86 bits per heavy atom. The van der Waals surface area contributed by atoms with Crippen LogP contribution in [-0.4, -0.2) is 16.9 Å². The van der Waals surface area contributed by atoms with Gasteiger partial charge < -0.3 is 5.11 Å². The lowest BCUT2D eigenvalue weighted by Gasteiger charge is -2.03. The first kappa shape index (κ1) is 10.4. The standard InChI is InChI=1S/C11H12O3/c1-2-10(12)8-5-3-4-6-9(7-8)11(13)14/h3-6H,2,7H2,1H3,(H,13,14). The maximum atomic E-state index is 11.4. The van der Waals surface area contributed by atoms with Gasteiger partial charge in [-0.2, -0.15) is 0 Å². The summed E-state index contributed by atoms with van der Waals surface area (Å²) in [6.07, 6.45) is 7.16. The lowest BCUT2D eigenvalue weighted by molar-refractivity contribution is -0.132. The van der Waals surface area contributed by atoms with Gasteiger partial charge in [0.1, 0.15) is 0 Å². The molecule has 74 valence electrons. The van der Waals surface area contributed by atoms with Gasteiger partial charge in [-0.15, -0.1) is 0 Å². The van der Waals surface area contributed by atoms with Crippen LogP contribution in [0.3, 0.4) is 0 Å². The Bertz CT molecular complexity index is 346. The van der Waals surface area contributed by atoms with Crippen LogP contribution in [0.2, 0.25) is 0 Å². The molecule has 1 aliphatic carbocycles. The second-order valence-electron chi connectivity index (χ2n) is 3.03. The normalized spacial score (nSPS) is 15.5. The van der Waals surface area contributed by atoms with E-state index >= 15 is 0 Å². The number of carbonyl (C=O) groups excluding carboxylic acids is 1. The number of allylic oxidation sites excluding steroid dienone is 5. The molecule has 3 nitrogen and oxygen atoms in total. The van der Waals surface area contributed by atoms with Gasteiger partial charge in [0.15, 0.2) is 5.78 Å². The molecule has 0 aromatic heterocycles. The fourth-order valence-corrected chi connectivity index (χ4v) is 1.23. The highest BCUT2D eigenvalue weighted by atomic mass is 16.4. The maximum Gasteiger partial charge on any atom is 0.331 e. The van der Waals surface area contributed by atoms with Gasteiger partial charge in [-0.25, -0.2) is 4.79 Å². The minimum Gasteiger partial charge on any atom is -0.478 e. The molecule has 0 aliphatic heterocycles. The van der Waals surface area contributed by atoms with Crippen molar-refractivity contribution < 1.29 is 14.7 Å². The van der Waals surface area contributed by atoms with Crippen molar-refractivity contribution in [1.82, 2.24) is 0 Å².